The third kappa shape index (κ3) is 1.92. The Morgan fingerprint density at radius 3 is 2.71 bits per heavy atom. The summed E-state index contributed by atoms with van der Waals surface area (Å²) in [5.74, 6) is -1.05. The molecule has 0 aliphatic heterocycles. The van der Waals surface area contributed by atoms with Crippen LogP contribution in [-0.4, -0.2) is 11.1 Å². The SMILES string of the molecule is N#Cc1cc(Br)c(C(=O)O)cc1CN. The topological polar surface area (TPSA) is 87.1 Å². The summed E-state index contributed by atoms with van der Waals surface area (Å²) in [4.78, 5) is 10.7. The Morgan fingerprint density at radius 2 is 2.29 bits per heavy atom. The largest absolute Gasteiger partial charge is 0.478 e. The summed E-state index contributed by atoms with van der Waals surface area (Å²) in [5.41, 5.74) is 6.43. The van der Waals surface area contributed by atoms with E-state index in [-0.39, 0.29) is 12.1 Å². The molecule has 4 nitrogen and oxygen atoms in total. The predicted octanol–water partition coefficient (Wildman–Crippen LogP) is 1.48. The van der Waals surface area contributed by atoms with Gasteiger partial charge in [-0.15, -0.1) is 0 Å². The highest BCUT2D eigenvalue weighted by molar-refractivity contribution is 9.10. The number of nitriles is 1. The Morgan fingerprint density at radius 1 is 1.64 bits per heavy atom. The number of rotatable bonds is 2. The van der Waals surface area contributed by atoms with Crippen molar-refractivity contribution in [2.75, 3.05) is 0 Å². The van der Waals surface area contributed by atoms with Crippen molar-refractivity contribution in [1.29, 1.82) is 5.26 Å². The molecule has 1 aromatic carbocycles. The number of hydrogen-bond donors (Lipinski definition) is 2. The van der Waals surface area contributed by atoms with E-state index < -0.39 is 5.97 Å². The summed E-state index contributed by atoms with van der Waals surface area (Å²) in [6.45, 7) is 0.149. The summed E-state index contributed by atoms with van der Waals surface area (Å²) < 4.78 is 0.388. The van der Waals surface area contributed by atoms with E-state index in [1.807, 2.05) is 6.07 Å². The zero-order chi connectivity index (χ0) is 10.7. The molecule has 0 atom stereocenters. The van der Waals surface area contributed by atoms with Gasteiger partial charge in [0, 0.05) is 11.0 Å². The van der Waals surface area contributed by atoms with Gasteiger partial charge in [-0.2, -0.15) is 5.26 Å². The zero-order valence-electron chi connectivity index (χ0n) is 7.12. The van der Waals surface area contributed by atoms with Gasteiger partial charge in [-0.05, 0) is 33.6 Å². The fourth-order valence-electron chi connectivity index (χ4n) is 1.05. The second-order valence-electron chi connectivity index (χ2n) is 2.61. The third-order valence-electron chi connectivity index (χ3n) is 1.76. The van der Waals surface area contributed by atoms with Crippen molar-refractivity contribution in [2.24, 2.45) is 5.73 Å². The molecule has 1 rings (SSSR count). The fourth-order valence-corrected chi connectivity index (χ4v) is 1.57. The minimum absolute atomic E-state index is 0.115. The smallest absolute Gasteiger partial charge is 0.336 e. The molecule has 1 aromatic rings. The van der Waals surface area contributed by atoms with Crippen LogP contribution in [0.15, 0.2) is 16.6 Å². The van der Waals surface area contributed by atoms with Crippen LogP contribution in [-0.2, 0) is 6.54 Å². The van der Waals surface area contributed by atoms with Crippen LogP contribution < -0.4 is 5.73 Å². The van der Waals surface area contributed by atoms with E-state index in [2.05, 4.69) is 15.9 Å². The first-order valence-electron chi connectivity index (χ1n) is 3.76. The van der Waals surface area contributed by atoms with Crippen LogP contribution in [0.1, 0.15) is 21.5 Å². The number of carboxylic acid groups (broad SMARTS) is 1. The molecule has 0 unspecified atom stereocenters. The molecule has 0 spiro atoms. The Hall–Kier alpha value is -1.38. The van der Waals surface area contributed by atoms with Crippen LogP contribution in [0.3, 0.4) is 0 Å². The third-order valence-corrected chi connectivity index (χ3v) is 2.42. The van der Waals surface area contributed by atoms with Gasteiger partial charge in [-0.1, -0.05) is 0 Å². The quantitative estimate of drug-likeness (QED) is 0.837. The minimum Gasteiger partial charge on any atom is -0.478 e. The van der Waals surface area contributed by atoms with Crippen LogP contribution in [0.4, 0.5) is 0 Å². The van der Waals surface area contributed by atoms with Crippen molar-refractivity contribution < 1.29 is 9.90 Å². The van der Waals surface area contributed by atoms with Gasteiger partial charge < -0.3 is 10.8 Å². The molecule has 0 heterocycles. The molecular weight excluding hydrogens is 248 g/mol. The first-order chi connectivity index (χ1) is 6.60. The highest BCUT2D eigenvalue weighted by Gasteiger charge is 2.12. The lowest BCUT2D eigenvalue weighted by Crippen LogP contribution is -2.05. The maximum Gasteiger partial charge on any atom is 0.336 e. The van der Waals surface area contributed by atoms with Crippen molar-refractivity contribution in [3.63, 3.8) is 0 Å². The Kier molecular flexibility index (Phi) is 3.23. The van der Waals surface area contributed by atoms with Crippen LogP contribution >= 0.6 is 15.9 Å². The number of halogens is 1. The zero-order valence-corrected chi connectivity index (χ0v) is 8.71. The van der Waals surface area contributed by atoms with Crippen molar-refractivity contribution >= 4 is 21.9 Å². The van der Waals surface area contributed by atoms with Crippen LogP contribution in [0.2, 0.25) is 0 Å². The Labute approximate surface area is 89.1 Å². The van der Waals surface area contributed by atoms with Gasteiger partial charge in [0.2, 0.25) is 0 Å². The van der Waals surface area contributed by atoms with Gasteiger partial charge in [-0.3, -0.25) is 0 Å². The van der Waals surface area contributed by atoms with Gasteiger partial charge in [0.05, 0.1) is 17.2 Å². The molecule has 0 bridgehead atoms. The molecule has 14 heavy (non-hydrogen) atoms. The second-order valence-corrected chi connectivity index (χ2v) is 3.46. The lowest BCUT2D eigenvalue weighted by atomic mass is 10.0. The number of benzene rings is 1. The molecule has 0 fully saturated rings. The average molecular weight is 255 g/mol. The maximum absolute atomic E-state index is 10.7. The van der Waals surface area contributed by atoms with Crippen LogP contribution in [0.5, 0.6) is 0 Å². The molecule has 0 saturated heterocycles. The lowest BCUT2D eigenvalue weighted by molar-refractivity contribution is 0.0696. The Bertz CT molecular complexity index is 424. The van der Waals surface area contributed by atoms with Gasteiger partial charge in [-0.25, -0.2) is 4.79 Å². The van der Waals surface area contributed by atoms with E-state index in [0.29, 0.717) is 15.6 Å². The van der Waals surface area contributed by atoms with E-state index in [4.69, 9.17) is 16.1 Å². The molecule has 0 radical (unpaired) electrons. The molecule has 0 saturated carbocycles. The first kappa shape index (κ1) is 10.7. The normalized spacial score (nSPS) is 9.50. The molecule has 0 aromatic heterocycles. The first-order valence-corrected chi connectivity index (χ1v) is 4.55. The maximum atomic E-state index is 10.7. The molecule has 0 amide bonds. The summed E-state index contributed by atoms with van der Waals surface area (Å²) in [7, 11) is 0. The molecule has 3 N–H and O–H groups in total. The van der Waals surface area contributed by atoms with Gasteiger partial charge in [0.15, 0.2) is 0 Å². The number of hydrogen-bond acceptors (Lipinski definition) is 3. The molecular formula is C9H7BrN2O2. The van der Waals surface area contributed by atoms with E-state index in [9.17, 15) is 4.79 Å². The number of aromatic carboxylic acids is 1. The predicted molar refractivity (Wildman–Crippen MR) is 53.7 cm³/mol. The highest BCUT2D eigenvalue weighted by Crippen LogP contribution is 2.21. The van der Waals surface area contributed by atoms with Gasteiger partial charge in [0.25, 0.3) is 0 Å². The average Bonchev–Trinajstić information content (AvgIpc) is 2.16. The minimum atomic E-state index is -1.05. The molecule has 5 heteroatoms. The Balaban J connectivity index is 3.39. The summed E-state index contributed by atoms with van der Waals surface area (Å²) in [6, 6.07) is 4.82. The van der Waals surface area contributed by atoms with Gasteiger partial charge in [0.1, 0.15) is 0 Å². The number of carbonyl (C=O) groups is 1. The second kappa shape index (κ2) is 4.22. The highest BCUT2D eigenvalue weighted by atomic mass is 79.9. The van der Waals surface area contributed by atoms with Gasteiger partial charge >= 0.3 is 5.97 Å². The summed E-state index contributed by atoms with van der Waals surface area (Å²) >= 11 is 3.08. The molecule has 0 aliphatic carbocycles. The number of nitrogens with zero attached hydrogens (tertiary/aromatic N) is 1. The molecule has 0 aliphatic rings. The molecule has 72 valence electrons. The van der Waals surface area contributed by atoms with E-state index in [0.717, 1.165) is 0 Å². The number of carboxylic acids is 1. The number of nitrogens with two attached hydrogens (primary N) is 1. The van der Waals surface area contributed by atoms with Crippen LogP contribution in [0, 0.1) is 11.3 Å². The summed E-state index contributed by atoms with van der Waals surface area (Å²) in [5, 5.41) is 17.5. The van der Waals surface area contributed by atoms with Crippen molar-refractivity contribution in [3.8, 4) is 6.07 Å². The fraction of sp³-hybridized carbons (Fsp3) is 0.111. The van der Waals surface area contributed by atoms with Crippen molar-refractivity contribution in [3.05, 3.63) is 33.3 Å². The monoisotopic (exact) mass is 254 g/mol. The van der Waals surface area contributed by atoms with E-state index in [1.54, 1.807) is 0 Å². The van der Waals surface area contributed by atoms with E-state index >= 15 is 0 Å². The van der Waals surface area contributed by atoms with E-state index in [1.165, 1.54) is 12.1 Å². The standard InChI is InChI=1S/C9H7BrN2O2/c10-8-2-6(4-12)5(3-11)1-7(8)9(13)14/h1-2H,3,11H2,(H,13,14). The van der Waals surface area contributed by atoms with Crippen molar-refractivity contribution in [1.82, 2.24) is 0 Å². The van der Waals surface area contributed by atoms with Crippen molar-refractivity contribution in [2.45, 2.75) is 6.54 Å². The van der Waals surface area contributed by atoms with Crippen LogP contribution in [0.25, 0.3) is 0 Å². The lowest BCUT2D eigenvalue weighted by Gasteiger charge is -2.04. The summed E-state index contributed by atoms with van der Waals surface area (Å²) in [6.07, 6.45) is 0.